The first-order valence-corrected chi connectivity index (χ1v) is 9.40. The summed E-state index contributed by atoms with van der Waals surface area (Å²) < 4.78 is 24.5. The van der Waals surface area contributed by atoms with Crippen LogP contribution in [0.5, 0.6) is 0 Å². The number of hydrogen-bond donors (Lipinski definition) is 2. The molecule has 8 heteroatoms. The Labute approximate surface area is 132 Å². The molecule has 1 aromatic heterocycles. The third kappa shape index (κ3) is 4.54. The highest BCUT2D eigenvalue weighted by molar-refractivity contribution is 7.91. The summed E-state index contributed by atoms with van der Waals surface area (Å²) in [4.78, 5) is 12.4. The van der Waals surface area contributed by atoms with Crippen LogP contribution < -0.4 is 11.1 Å². The number of amides is 1. The monoisotopic (exact) mass is 330 g/mol. The van der Waals surface area contributed by atoms with Crippen LogP contribution in [-0.4, -0.2) is 42.2 Å². The fourth-order valence-electron chi connectivity index (χ4n) is 2.13. The number of carbonyl (C=O) groups excluding carboxylic acids is 1. The lowest BCUT2D eigenvalue weighted by Crippen LogP contribution is -2.41. The molecule has 0 radical (unpaired) electrons. The zero-order chi connectivity index (χ0) is 16.8. The Morgan fingerprint density at radius 1 is 1.36 bits per heavy atom. The second-order valence-corrected chi connectivity index (χ2v) is 7.82. The molecule has 7 nitrogen and oxygen atoms in total. The lowest BCUT2D eigenvalue weighted by atomic mass is 9.81. The van der Waals surface area contributed by atoms with Gasteiger partial charge in [-0.3, -0.25) is 9.48 Å². The summed E-state index contributed by atoms with van der Waals surface area (Å²) in [6.07, 6.45) is 2.96. The van der Waals surface area contributed by atoms with Crippen LogP contribution in [0.1, 0.15) is 33.6 Å². The van der Waals surface area contributed by atoms with E-state index < -0.39 is 15.3 Å². The van der Waals surface area contributed by atoms with Gasteiger partial charge in [-0.1, -0.05) is 20.8 Å². The van der Waals surface area contributed by atoms with E-state index in [-0.39, 0.29) is 30.5 Å². The van der Waals surface area contributed by atoms with Gasteiger partial charge in [0.15, 0.2) is 15.7 Å². The first-order valence-electron chi connectivity index (χ1n) is 7.58. The zero-order valence-corrected chi connectivity index (χ0v) is 14.3. The first-order chi connectivity index (χ1) is 10.3. The van der Waals surface area contributed by atoms with Crippen molar-refractivity contribution in [3.05, 3.63) is 12.3 Å². The Morgan fingerprint density at radius 2 is 2.00 bits per heavy atom. The minimum Gasteiger partial charge on any atom is -0.329 e. The van der Waals surface area contributed by atoms with E-state index in [0.29, 0.717) is 18.7 Å². The SMILES string of the molecule is CCC(CC)(CN)C(=O)Nc1ccn(CCS(=O)(=O)CC)n1. The molecule has 0 saturated carbocycles. The Hall–Kier alpha value is -1.41. The number of hydrogen-bond acceptors (Lipinski definition) is 5. The van der Waals surface area contributed by atoms with Crippen LogP contribution in [-0.2, 0) is 21.2 Å². The van der Waals surface area contributed by atoms with Crippen molar-refractivity contribution in [1.82, 2.24) is 9.78 Å². The van der Waals surface area contributed by atoms with E-state index in [1.165, 1.54) is 4.68 Å². The lowest BCUT2D eigenvalue weighted by molar-refractivity contribution is -0.125. The number of carbonyl (C=O) groups is 1. The average Bonchev–Trinajstić information content (AvgIpc) is 2.95. The van der Waals surface area contributed by atoms with E-state index in [9.17, 15) is 13.2 Å². The third-order valence-corrected chi connectivity index (χ3v) is 5.86. The van der Waals surface area contributed by atoms with Crippen molar-refractivity contribution in [1.29, 1.82) is 0 Å². The van der Waals surface area contributed by atoms with E-state index in [1.807, 2.05) is 13.8 Å². The fourth-order valence-corrected chi connectivity index (χ4v) is 2.89. The molecular weight excluding hydrogens is 304 g/mol. The lowest BCUT2D eigenvalue weighted by Gasteiger charge is -2.27. The van der Waals surface area contributed by atoms with Gasteiger partial charge in [0.2, 0.25) is 5.91 Å². The number of nitrogens with two attached hydrogens (primary N) is 1. The molecule has 1 rings (SSSR count). The number of nitrogens with one attached hydrogen (secondary N) is 1. The number of sulfone groups is 1. The van der Waals surface area contributed by atoms with Crippen LogP contribution in [0.2, 0.25) is 0 Å². The van der Waals surface area contributed by atoms with Crippen molar-refractivity contribution in [2.45, 2.75) is 40.2 Å². The van der Waals surface area contributed by atoms with Gasteiger partial charge in [-0.05, 0) is 12.8 Å². The molecule has 0 aromatic carbocycles. The minimum absolute atomic E-state index is 0.0369. The predicted octanol–water partition coefficient (Wildman–Crippen LogP) is 1.02. The maximum atomic E-state index is 12.4. The molecule has 0 atom stereocenters. The predicted molar refractivity (Wildman–Crippen MR) is 87.3 cm³/mol. The highest BCUT2D eigenvalue weighted by atomic mass is 32.2. The summed E-state index contributed by atoms with van der Waals surface area (Å²) in [5, 5.41) is 6.95. The van der Waals surface area contributed by atoms with Crippen molar-refractivity contribution in [2.24, 2.45) is 11.1 Å². The van der Waals surface area contributed by atoms with Gasteiger partial charge in [-0.25, -0.2) is 8.42 Å². The summed E-state index contributed by atoms with van der Waals surface area (Å²) in [6, 6.07) is 1.66. The molecule has 0 aliphatic carbocycles. The molecule has 0 unspecified atom stereocenters. The maximum absolute atomic E-state index is 12.4. The molecule has 0 spiro atoms. The highest BCUT2D eigenvalue weighted by Gasteiger charge is 2.33. The van der Waals surface area contributed by atoms with Crippen LogP contribution in [0, 0.1) is 5.41 Å². The van der Waals surface area contributed by atoms with Crippen LogP contribution in [0.25, 0.3) is 0 Å². The van der Waals surface area contributed by atoms with Crippen molar-refractivity contribution < 1.29 is 13.2 Å². The van der Waals surface area contributed by atoms with Gasteiger partial charge >= 0.3 is 0 Å². The smallest absolute Gasteiger partial charge is 0.233 e. The quantitative estimate of drug-likeness (QED) is 0.703. The van der Waals surface area contributed by atoms with Crippen LogP contribution in [0.15, 0.2) is 12.3 Å². The number of aryl methyl sites for hydroxylation is 1. The summed E-state index contributed by atoms with van der Waals surface area (Å²) in [6.45, 7) is 6.04. The van der Waals surface area contributed by atoms with Gasteiger partial charge in [-0.15, -0.1) is 0 Å². The molecule has 1 amide bonds. The van der Waals surface area contributed by atoms with Gasteiger partial charge in [0.05, 0.1) is 17.7 Å². The van der Waals surface area contributed by atoms with Crippen molar-refractivity contribution >= 4 is 21.6 Å². The van der Waals surface area contributed by atoms with Crippen molar-refractivity contribution in [3.8, 4) is 0 Å². The van der Waals surface area contributed by atoms with Gasteiger partial charge < -0.3 is 11.1 Å². The van der Waals surface area contributed by atoms with Crippen LogP contribution in [0.4, 0.5) is 5.82 Å². The Balaban J connectivity index is 2.71. The molecule has 0 fully saturated rings. The standard InChI is InChI=1S/C14H26N4O3S/c1-4-14(5-2,11-15)13(19)16-12-7-8-18(17-12)9-10-22(20,21)6-3/h7-8H,4-6,9-11,15H2,1-3H3,(H,16,17,19). The third-order valence-electron chi connectivity index (χ3n) is 4.18. The Bertz CT molecular complexity index is 583. The van der Waals surface area contributed by atoms with Gasteiger partial charge in [0, 0.05) is 24.6 Å². The molecule has 1 heterocycles. The molecule has 0 aliphatic rings. The molecule has 0 aliphatic heterocycles. The Kier molecular flexibility index (Phi) is 6.55. The number of nitrogens with zero attached hydrogens (tertiary/aromatic N) is 2. The maximum Gasteiger partial charge on any atom is 0.233 e. The molecule has 22 heavy (non-hydrogen) atoms. The average molecular weight is 330 g/mol. The van der Waals surface area contributed by atoms with Crippen molar-refractivity contribution in [3.63, 3.8) is 0 Å². The van der Waals surface area contributed by atoms with Gasteiger partial charge in [0.25, 0.3) is 0 Å². The minimum atomic E-state index is -3.03. The molecule has 0 bridgehead atoms. The van der Waals surface area contributed by atoms with E-state index in [0.717, 1.165) is 0 Å². The summed E-state index contributed by atoms with van der Waals surface area (Å²) >= 11 is 0. The van der Waals surface area contributed by atoms with Crippen LogP contribution >= 0.6 is 0 Å². The summed E-state index contributed by atoms with van der Waals surface area (Å²) in [5.41, 5.74) is 5.16. The zero-order valence-electron chi connectivity index (χ0n) is 13.5. The fraction of sp³-hybridized carbons (Fsp3) is 0.714. The molecular formula is C14H26N4O3S. The van der Waals surface area contributed by atoms with Crippen molar-refractivity contribution in [2.75, 3.05) is 23.4 Å². The molecule has 0 saturated heterocycles. The van der Waals surface area contributed by atoms with E-state index in [2.05, 4.69) is 10.4 Å². The second-order valence-electron chi connectivity index (χ2n) is 5.35. The summed E-state index contributed by atoms with van der Waals surface area (Å²) in [5.74, 6) is 0.420. The van der Waals surface area contributed by atoms with E-state index >= 15 is 0 Å². The van der Waals surface area contributed by atoms with Gasteiger partial charge in [0.1, 0.15) is 0 Å². The van der Waals surface area contributed by atoms with Gasteiger partial charge in [-0.2, -0.15) is 5.10 Å². The van der Waals surface area contributed by atoms with E-state index in [4.69, 9.17) is 5.73 Å². The van der Waals surface area contributed by atoms with E-state index in [1.54, 1.807) is 19.2 Å². The number of anilines is 1. The molecule has 126 valence electrons. The molecule has 1 aromatic rings. The largest absolute Gasteiger partial charge is 0.329 e. The van der Waals surface area contributed by atoms with Crippen LogP contribution in [0.3, 0.4) is 0 Å². The number of rotatable bonds is 9. The summed E-state index contributed by atoms with van der Waals surface area (Å²) in [7, 11) is -3.03. The first kappa shape index (κ1) is 18.6. The molecule has 3 N–H and O–H groups in total. The second kappa shape index (κ2) is 7.73. The topological polar surface area (TPSA) is 107 Å². The number of aromatic nitrogens is 2. The highest BCUT2D eigenvalue weighted by Crippen LogP contribution is 2.26. The Morgan fingerprint density at radius 3 is 2.50 bits per heavy atom. The normalized spacial score (nSPS) is 12.4.